The zero-order valence-electron chi connectivity index (χ0n) is 16.3. The maximum absolute atomic E-state index is 12.2. The fourth-order valence-corrected chi connectivity index (χ4v) is 3.41. The van der Waals surface area contributed by atoms with E-state index in [9.17, 15) is 18.0 Å². The van der Waals surface area contributed by atoms with Crippen LogP contribution in [0.25, 0.3) is 11.0 Å². The Morgan fingerprint density at radius 1 is 1.07 bits per heavy atom. The molecule has 152 valence electrons. The Hall–Kier alpha value is -3.13. The van der Waals surface area contributed by atoms with Crippen molar-refractivity contribution < 1.29 is 27.2 Å². The molecular formula is C21H21NO6S. The van der Waals surface area contributed by atoms with Crippen LogP contribution in [0.3, 0.4) is 0 Å². The standard InChI is InChI=1S/C21H21NO6S/c1-13-8-18-16(11-27-20(18)9-14(13)2)10-21(24)28-12-19(23)15-4-6-17(7-5-15)22-29(3,25)26/h4-9,11,22H,10,12H2,1-3H3. The van der Waals surface area contributed by atoms with Crippen molar-refractivity contribution in [1.29, 1.82) is 0 Å². The predicted octanol–water partition coefficient (Wildman–Crippen LogP) is 3.39. The number of ether oxygens (including phenoxy) is 1. The number of carbonyl (C=O) groups excluding carboxylic acids is 2. The second kappa shape index (κ2) is 8.08. The molecule has 0 aliphatic rings. The zero-order valence-corrected chi connectivity index (χ0v) is 17.1. The molecule has 0 saturated carbocycles. The Morgan fingerprint density at radius 2 is 1.72 bits per heavy atom. The molecule has 0 spiro atoms. The van der Waals surface area contributed by atoms with E-state index in [4.69, 9.17) is 9.15 Å². The summed E-state index contributed by atoms with van der Waals surface area (Å²) < 4.78 is 35.3. The van der Waals surface area contributed by atoms with E-state index >= 15 is 0 Å². The van der Waals surface area contributed by atoms with E-state index in [1.54, 1.807) is 0 Å². The normalized spacial score (nSPS) is 11.4. The molecule has 0 aliphatic heterocycles. The second-order valence-electron chi connectivity index (χ2n) is 6.91. The predicted molar refractivity (Wildman–Crippen MR) is 110 cm³/mol. The highest BCUT2D eigenvalue weighted by atomic mass is 32.2. The van der Waals surface area contributed by atoms with E-state index in [2.05, 4.69) is 4.72 Å². The average Bonchev–Trinajstić information content (AvgIpc) is 3.01. The van der Waals surface area contributed by atoms with Gasteiger partial charge in [-0.2, -0.15) is 0 Å². The van der Waals surface area contributed by atoms with E-state index < -0.39 is 22.6 Å². The lowest BCUT2D eigenvalue weighted by molar-refractivity contribution is -0.141. The van der Waals surface area contributed by atoms with Crippen LogP contribution in [-0.4, -0.2) is 33.0 Å². The molecule has 1 aromatic heterocycles. The lowest BCUT2D eigenvalue weighted by Crippen LogP contribution is -2.16. The molecule has 0 bridgehead atoms. The van der Waals surface area contributed by atoms with Gasteiger partial charge in [0.05, 0.1) is 18.9 Å². The first-order valence-electron chi connectivity index (χ1n) is 8.86. The molecule has 1 heterocycles. The number of sulfonamides is 1. The molecule has 3 rings (SSSR count). The summed E-state index contributed by atoms with van der Waals surface area (Å²) in [6, 6.07) is 9.77. The van der Waals surface area contributed by atoms with E-state index in [1.807, 2.05) is 26.0 Å². The first-order valence-corrected chi connectivity index (χ1v) is 10.8. The number of benzene rings is 2. The van der Waals surface area contributed by atoms with Crippen LogP contribution in [0.2, 0.25) is 0 Å². The number of aryl methyl sites for hydroxylation is 2. The topological polar surface area (TPSA) is 103 Å². The summed E-state index contributed by atoms with van der Waals surface area (Å²) in [5.41, 5.74) is 4.27. The Morgan fingerprint density at radius 3 is 2.38 bits per heavy atom. The fraction of sp³-hybridized carbons (Fsp3) is 0.238. The van der Waals surface area contributed by atoms with E-state index in [0.717, 1.165) is 22.8 Å². The van der Waals surface area contributed by atoms with Gasteiger partial charge in [0.25, 0.3) is 0 Å². The van der Waals surface area contributed by atoms with Gasteiger partial charge in [-0.3, -0.25) is 14.3 Å². The van der Waals surface area contributed by atoms with Crippen LogP contribution in [0.1, 0.15) is 27.0 Å². The third kappa shape index (κ3) is 5.23. The maximum atomic E-state index is 12.2. The number of esters is 1. The smallest absolute Gasteiger partial charge is 0.310 e. The van der Waals surface area contributed by atoms with Crippen molar-refractivity contribution in [2.45, 2.75) is 20.3 Å². The number of Topliss-reactive ketones (excluding diaryl/α,β-unsaturated/α-hetero) is 1. The third-order valence-electron chi connectivity index (χ3n) is 4.48. The van der Waals surface area contributed by atoms with Gasteiger partial charge in [0.1, 0.15) is 5.58 Å². The van der Waals surface area contributed by atoms with E-state index in [-0.39, 0.29) is 12.2 Å². The Bertz CT molecular complexity index is 1180. The van der Waals surface area contributed by atoms with Crippen LogP contribution in [0.15, 0.2) is 47.1 Å². The number of furan rings is 1. The van der Waals surface area contributed by atoms with Crippen molar-refractivity contribution in [2.75, 3.05) is 17.6 Å². The molecule has 7 nitrogen and oxygen atoms in total. The van der Waals surface area contributed by atoms with Crippen molar-refractivity contribution in [3.05, 3.63) is 64.9 Å². The first-order chi connectivity index (χ1) is 13.6. The number of fused-ring (bicyclic) bond motifs is 1. The molecule has 8 heteroatoms. The van der Waals surface area contributed by atoms with Gasteiger partial charge in [-0.15, -0.1) is 0 Å². The summed E-state index contributed by atoms with van der Waals surface area (Å²) in [6.07, 6.45) is 2.57. The second-order valence-corrected chi connectivity index (χ2v) is 8.65. The van der Waals surface area contributed by atoms with Gasteiger partial charge in [-0.1, -0.05) is 0 Å². The van der Waals surface area contributed by atoms with Crippen molar-refractivity contribution in [1.82, 2.24) is 0 Å². The van der Waals surface area contributed by atoms with Gasteiger partial charge < -0.3 is 9.15 Å². The highest BCUT2D eigenvalue weighted by molar-refractivity contribution is 7.92. The zero-order chi connectivity index (χ0) is 21.2. The molecule has 3 aromatic rings. The Labute approximate surface area is 168 Å². The molecule has 1 N–H and O–H groups in total. The number of nitrogens with one attached hydrogen (secondary N) is 1. The summed E-state index contributed by atoms with van der Waals surface area (Å²) in [5.74, 6) is -0.914. The molecular weight excluding hydrogens is 394 g/mol. The van der Waals surface area contributed by atoms with Crippen LogP contribution >= 0.6 is 0 Å². The van der Waals surface area contributed by atoms with E-state index in [0.29, 0.717) is 22.4 Å². The van der Waals surface area contributed by atoms with Crippen molar-refractivity contribution in [3.8, 4) is 0 Å². The fourth-order valence-electron chi connectivity index (χ4n) is 2.85. The summed E-state index contributed by atoms with van der Waals surface area (Å²) >= 11 is 0. The SMILES string of the molecule is Cc1cc2occ(CC(=O)OCC(=O)c3ccc(NS(C)(=O)=O)cc3)c2cc1C. The number of hydrogen-bond acceptors (Lipinski definition) is 6. The largest absolute Gasteiger partial charge is 0.464 e. The number of ketones is 1. The molecule has 29 heavy (non-hydrogen) atoms. The van der Waals surface area contributed by atoms with Crippen LogP contribution in [-0.2, 0) is 26.0 Å². The molecule has 0 saturated heterocycles. The quantitative estimate of drug-likeness (QED) is 0.469. The minimum absolute atomic E-state index is 0.00000170. The van der Waals surface area contributed by atoms with Gasteiger partial charge in [0, 0.05) is 22.2 Å². The molecule has 0 unspecified atom stereocenters. The lowest BCUT2D eigenvalue weighted by atomic mass is 10.0. The minimum atomic E-state index is -3.39. The van der Waals surface area contributed by atoms with Crippen molar-refractivity contribution in [3.63, 3.8) is 0 Å². The number of anilines is 1. The maximum Gasteiger partial charge on any atom is 0.310 e. The first kappa shape index (κ1) is 20.6. The van der Waals surface area contributed by atoms with Gasteiger partial charge >= 0.3 is 5.97 Å². The molecule has 0 amide bonds. The lowest BCUT2D eigenvalue weighted by Gasteiger charge is -2.06. The Balaban J connectivity index is 1.59. The summed E-state index contributed by atoms with van der Waals surface area (Å²) in [4.78, 5) is 24.4. The van der Waals surface area contributed by atoms with Crippen LogP contribution in [0.5, 0.6) is 0 Å². The molecule has 2 aromatic carbocycles. The highest BCUT2D eigenvalue weighted by Gasteiger charge is 2.15. The Kier molecular flexibility index (Phi) is 5.74. The molecule has 0 fully saturated rings. The summed E-state index contributed by atoms with van der Waals surface area (Å²) in [7, 11) is -3.39. The van der Waals surface area contributed by atoms with Gasteiger partial charge in [0.15, 0.2) is 12.4 Å². The average molecular weight is 415 g/mol. The van der Waals surface area contributed by atoms with Gasteiger partial charge in [-0.05, 0) is 61.4 Å². The third-order valence-corrected chi connectivity index (χ3v) is 5.09. The van der Waals surface area contributed by atoms with Crippen molar-refractivity contribution in [2.24, 2.45) is 0 Å². The minimum Gasteiger partial charge on any atom is -0.464 e. The summed E-state index contributed by atoms with van der Waals surface area (Å²) in [6.45, 7) is 3.57. The van der Waals surface area contributed by atoms with Crippen LogP contribution < -0.4 is 4.72 Å². The van der Waals surface area contributed by atoms with Gasteiger partial charge in [-0.25, -0.2) is 8.42 Å². The molecule has 0 aliphatic carbocycles. The van der Waals surface area contributed by atoms with E-state index in [1.165, 1.54) is 30.5 Å². The number of carbonyl (C=O) groups is 2. The van der Waals surface area contributed by atoms with Gasteiger partial charge in [0.2, 0.25) is 10.0 Å². The number of rotatable bonds is 7. The number of hydrogen-bond donors (Lipinski definition) is 1. The van der Waals surface area contributed by atoms with Crippen LogP contribution in [0.4, 0.5) is 5.69 Å². The molecule has 0 atom stereocenters. The van der Waals surface area contributed by atoms with Crippen LogP contribution in [0, 0.1) is 13.8 Å². The molecule has 0 radical (unpaired) electrons. The monoisotopic (exact) mass is 415 g/mol. The van der Waals surface area contributed by atoms with Crippen molar-refractivity contribution >= 4 is 38.4 Å². The highest BCUT2D eigenvalue weighted by Crippen LogP contribution is 2.25. The summed E-state index contributed by atoms with van der Waals surface area (Å²) in [5, 5.41) is 0.852.